The number of hydrogen-bond donors (Lipinski definition) is 0. The number of rotatable bonds is 2. The molecule has 0 atom stereocenters. The van der Waals surface area contributed by atoms with E-state index in [0.29, 0.717) is 0 Å². The van der Waals surface area contributed by atoms with Crippen molar-refractivity contribution in [2.24, 2.45) is 14.1 Å². The first kappa shape index (κ1) is 8.04. The molecule has 0 aromatic carbocycles. The fourth-order valence-electron chi connectivity index (χ4n) is 0.998. The Morgan fingerprint density at radius 3 is 2.36 bits per heavy atom. The molecule has 0 radical (unpaired) electrons. The summed E-state index contributed by atoms with van der Waals surface area (Å²) in [7, 11) is 3.56. The largest absolute Gasteiger partial charge is 0.363 e. The molecule has 0 unspecified atom stereocenters. The van der Waals surface area contributed by atoms with Gasteiger partial charge in [-0.05, 0) is 6.42 Å². The lowest BCUT2D eigenvalue weighted by Gasteiger charge is -2.00. The van der Waals surface area contributed by atoms with Gasteiger partial charge in [0.05, 0.1) is 0 Å². The van der Waals surface area contributed by atoms with E-state index in [0.717, 1.165) is 18.7 Å². The SMILES string of the molecule is CCCc1nc(=O)n(C)n1C. The Kier molecular flexibility index (Phi) is 2.12. The lowest BCUT2D eigenvalue weighted by atomic mass is 10.3. The summed E-state index contributed by atoms with van der Waals surface area (Å²) in [6.45, 7) is 2.07. The smallest absolute Gasteiger partial charge is 0.271 e. The molecule has 0 aliphatic rings. The van der Waals surface area contributed by atoms with Gasteiger partial charge < -0.3 is 0 Å². The van der Waals surface area contributed by atoms with Crippen molar-refractivity contribution in [2.75, 3.05) is 0 Å². The van der Waals surface area contributed by atoms with E-state index in [1.165, 1.54) is 4.68 Å². The molecule has 11 heavy (non-hydrogen) atoms. The predicted octanol–water partition coefficient (Wildman–Crippen LogP) is 0.0713. The zero-order chi connectivity index (χ0) is 8.43. The van der Waals surface area contributed by atoms with Crippen LogP contribution >= 0.6 is 0 Å². The van der Waals surface area contributed by atoms with E-state index in [2.05, 4.69) is 11.9 Å². The van der Waals surface area contributed by atoms with Gasteiger partial charge in [-0.15, -0.1) is 0 Å². The summed E-state index contributed by atoms with van der Waals surface area (Å²) in [6, 6.07) is 0. The average molecular weight is 155 g/mol. The lowest BCUT2D eigenvalue weighted by Crippen LogP contribution is -2.17. The summed E-state index contributed by atoms with van der Waals surface area (Å²) < 4.78 is 3.29. The molecule has 0 fully saturated rings. The Labute approximate surface area is 65.5 Å². The van der Waals surface area contributed by atoms with Gasteiger partial charge in [-0.25, -0.2) is 9.48 Å². The molecule has 0 spiro atoms. The third kappa shape index (κ3) is 1.34. The van der Waals surface area contributed by atoms with Gasteiger partial charge in [-0.3, -0.25) is 4.68 Å². The van der Waals surface area contributed by atoms with Gasteiger partial charge in [0, 0.05) is 20.5 Å². The van der Waals surface area contributed by atoms with Gasteiger partial charge in [-0.1, -0.05) is 6.92 Å². The van der Waals surface area contributed by atoms with E-state index in [1.807, 2.05) is 7.05 Å². The number of hydrogen-bond acceptors (Lipinski definition) is 2. The van der Waals surface area contributed by atoms with Crippen molar-refractivity contribution in [1.82, 2.24) is 14.3 Å². The summed E-state index contributed by atoms with van der Waals surface area (Å²) in [4.78, 5) is 14.8. The van der Waals surface area contributed by atoms with Crippen LogP contribution in [0.2, 0.25) is 0 Å². The molecule has 0 saturated heterocycles. The van der Waals surface area contributed by atoms with Gasteiger partial charge in [0.2, 0.25) is 0 Å². The second-order valence-electron chi connectivity index (χ2n) is 2.61. The van der Waals surface area contributed by atoms with Crippen molar-refractivity contribution in [3.8, 4) is 0 Å². The van der Waals surface area contributed by atoms with Gasteiger partial charge in [0.15, 0.2) is 0 Å². The number of nitrogens with zero attached hydrogens (tertiary/aromatic N) is 3. The van der Waals surface area contributed by atoms with Crippen LogP contribution in [0.5, 0.6) is 0 Å². The minimum Gasteiger partial charge on any atom is -0.271 e. The summed E-state index contributed by atoms with van der Waals surface area (Å²) >= 11 is 0. The van der Waals surface area contributed by atoms with Crippen LogP contribution in [0.25, 0.3) is 0 Å². The van der Waals surface area contributed by atoms with Crippen LogP contribution in [0.4, 0.5) is 0 Å². The molecule has 0 aliphatic heterocycles. The Morgan fingerprint density at radius 1 is 1.36 bits per heavy atom. The fourth-order valence-corrected chi connectivity index (χ4v) is 0.998. The third-order valence-corrected chi connectivity index (χ3v) is 1.80. The highest BCUT2D eigenvalue weighted by Gasteiger charge is 2.03. The number of aromatic nitrogens is 3. The highest BCUT2D eigenvalue weighted by atomic mass is 16.2. The van der Waals surface area contributed by atoms with E-state index in [1.54, 1.807) is 11.7 Å². The standard InChI is InChI=1S/C7H13N3O/c1-4-5-6-8-7(11)10(3)9(6)2/h4-5H2,1-3H3. The molecule has 1 heterocycles. The van der Waals surface area contributed by atoms with Crippen molar-refractivity contribution in [1.29, 1.82) is 0 Å². The molecule has 1 aromatic heterocycles. The van der Waals surface area contributed by atoms with E-state index in [4.69, 9.17) is 0 Å². The zero-order valence-electron chi connectivity index (χ0n) is 7.16. The minimum absolute atomic E-state index is 0.170. The zero-order valence-corrected chi connectivity index (χ0v) is 7.16. The Morgan fingerprint density at radius 2 is 2.00 bits per heavy atom. The molecule has 1 rings (SSSR count). The fraction of sp³-hybridized carbons (Fsp3) is 0.714. The first-order valence-electron chi connectivity index (χ1n) is 3.75. The topological polar surface area (TPSA) is 39.8 Å². The molecule has 0 bridgehead atoms. The second-order valence-corrected chi connectivity index (χ2v) is 2.61. The quantitative estimate of drug-likeness (QED) is 0.606. The van der Waals surface area contributed by atoms with Crippen molar-refractivity contribution in [3.05, 3.63) is 16.3 Å². The van der Waals surface area contributed by atoms with Crippen molar-refractivity contribution >= 4 is 0 Å². The Hall–Kier alpha value is -1.06. The monoisotopic (exact) mass is 155 g/mol. The number of aryl methyl sites for hydroxylation is 1. The van der Waals surface area contributed by atoms with Crippen molar-refractivity contribution in [3.63, 3.8) is 0 Å². The normalized spacial score (nSPS) is 10.5. The van der Waals surface area contributed by atoms with E-state index in [9.17, 15) is 4.79 Å². The van der Waals surface area contributed by atoms with Crippen LogP contribution < -0.4 is 5.69 Å². The molecule has 0 saturated carbocycles. The van der Waals surface area contributed by atoms with Crippen LogP contribution in [0.3, 0.4) is 0 Å². The molecule has 0 aliphatic carbocycles. The van der Waals surface area contributed by atoms with Crippen LogP contribution in [0, 0.1) is 0 Å². The average Bonchev–Trinajstić information content (AvgIpc) is 2.19. The molecule has 1 aromatic rings. The molecule has 0 N–H and O–H groups in total. The maximum atomic E-state index is 11.0. The van der Waals surface area contributed by atoms with Gasteiger partial charge in [0.25, 0.3) is 0 Å². The third-order valence-electron chi connectivity index (χ3n) is 1.80. The molecule has 4 heteroatoms. The molecule has 4 nitrogen and oxygen atoms in total. The Balaban J connectivity index is 3.08. The van der Waals surface area contributed by atoms with E-state index >= 15 is 0 Å². The van der Waals surface area contributed by atoms with Crippen LogP contribution in [0.15, 0.2) is 4.79 Å². The van der Waals surface area contributed by atoms with Gasteiger partial charge in [-0.2, -0.15) is 4.98 Å². The van der Waals surface area contributed by atoms with Crippen molar-refractivity contribution < 1.29 is 0 Å². The summed E-state index contributed by atoms with van der Waals surface area (Å²) in [5.74, 6) is 0.861. The van der Waals surface area contributed by atoms with Crippen LogP contribution in [0.1, 0.15) is 19.2 Å². The maximum absolute atomic E-state index is 11.0. The summed E-state index contributed by atoms with van der Waals surface area (Å²) in [6.07, 6.45) is 1.89. The highest BCUT2D eigenvalue weighted by molar-refractivity contribution is 4.84. The van der Waals surface area contributed by atoms with E-state index in [-0.39, 0.29) is 5.69 Å². The highest BCUT2D eigenvalue weighted by Crippen LogP contribution is 1.93. The molecule has 62 valence electrons. The summed E-state index contributed by atoms with van der Waals surface area (Å²) in [5.41, 5.74) is -0.170. The van der Waals surface area contributed by atoms with Gasteiger partial charge in [0.1, 0.15) is 5.82 Å². The predicted molar refractivity (Wildman–Crippen MR) is 42.4 cm³/mol. The maximum Gasteiger partial charge on any atom is 0.363 e. The molecule has 0 amide bonds. The van der Waals surface area contributed by atoms with E-state index < -0.39 is 0 Å². The summed E-state index contributed by atoms with van der Waals surface area (Å²) in [5, 5.41) is 0. The van der Waals surface area contributed by atoms with Crippen molar-refractivity contribution in [2.45, 2.75) is 19.8 Å². The van der Waals surface area contributed by atoms with Crippen LogP contribution in [-0.4, -0.2) is 14.3 Å². The first-order chi connectivity index (χ1) is 5.16. The minimum atomic E-state index is -0.170. The Bertz CT molecular complexity index is 297. The first-order valence-corrected chi connectivity index (χ1v) is 3.75. The van der Waals surface area contributed by atoms with Crippen LogP contribution in [-0.2, 0) is 20.5 Å². The molecular weight excluding hydrogens is 142 g/mol. The lowest BCUT2D eigenvalue weighted by molar-refractivity contribution is 0.553. The second kappa shape index (κ2) is 2.90. The van der Waals surface area contributed by atoms with Gasteiger partial charge >= 0.3 is 5.69 Å². The molecular formula is C7H13N3O.